The molecule has 0 spiro atoms. The smallest absolute Gasteiger partial charge is 0.339 e. The Bertz CT molecular complexity index is 350. The predicted octanol–water partition coefficient (Wildman–Crippen LogP) is 2.19. The van der Waals surface area contributed by atoms with E-state index < -0.39 is 5.97 Å². The van der Waals surface area contributed by atoms with Crippen LogP contribution in [0.1, 0.15) is 10.4 Å². The van der Waals surface area contributed by atoms with Crippen molar-refractivity contribution in [1.82, 2.24) is 0 Å². The molecule has 1 aromatic carbocycles. The molecule has 0 N–H and O–H groups in total. The summed E-state index contributed by atoms with van der Waals surface area (Å²) in [6, 6.07) is 5.25. The first kappa shape index (κ1) is 10.9. The van der Waals surface area contributed by atoms with Gasteiger partial charge in [-0.3, -0.25) is 0 Å². The third kappa shape index (κ3) is 1.99. The third-order valence-corrected chi connectivity index (χ3v) is 2.26. The Morgan fingerprint density at radius 1 is 1.43 bits per heavy atom. The van der Waals surface area contributed by atoms with Crippen molar-refractivity contribution in [2.45, 2.75) is 0 Å². The van der Waals surface area contributed by atoms with Gasteiger partial charge in [0.2, 0.25) is 0 Å². The summed E-state index contributed by atoms with van der Waals surface area (Å²) in [6.07, 6.45) is 0. The van der Waals surface area contributed by atoms with Crippen LogP contribution in [0, 0.1) is 0 Å². The highest BCUT2D eigenvalue weighted by Gasteiger charge is 2.13. The number of anilines is 1. The lowest BCUT2D eigenvalue weighted by Gasteiger charge is -2.15. The number of hydrogen-bond acceptors (Lipinski definition) is 3. The number of carbonyl (C=O) groups is 1. The molecular formula is C10H12ClNO2. The quantitative estimate of drug-likeness (QED) is 0.706. The average Bonchev–Trinajstić information content (AvgIpc) is 2.16. The first-order valence-electron chi connectivity index (χ1n) is 4.12. The Morgan fingerprint density at radius 3 is 2.57 bits per heavy atom. The van der Waals surface area contributed by atoms with Gasteiger partial charge in [-0.1, -0.05) is 17.7 Å². The molecule has 0 aliphatic carbocycles. The standard InChI is InChI=1S/C10H12ClNO2/c1-12(2)8-6-4-5-7(9(8)11)10(13)14-3/h4-6H,1-3H3. The highest BCUT2D eigenvalue weighted by molar-refractivity contribution is 6.36. The van der Waals surface area contributed by atoms with Crippen molar-refractivity contribution in [2.75, 3.05) is 26.1 Å². The molecule has 3 nitrogen and oxygen atoms in total. The van der Waals surface area contributed by atoms with Gasteiger partial charge in [0.05, 0.1) is 23.4 Å². The molecule has 0 unspecified atom stereocenters. The second-order valence-corrected chi connectivity index (χ2v) is 3.40. The summed E-state index contributed by atoms with van der Waals surface area (Å²) in [6.45, 7) is 0. The summed E-state index contributed by atoms with van der Waals surface area (Å²) < 4.78 is 4.61. The van der Waals surface area contributed by atoms with Gasteiger partial charge in [-0.25, -0.2) is 4.79 Å². The summed E-state index contributed by atoms with van der Waals surface area (Å²) in [7, 11) is 5.06. The van der Waals surface area contributed by atoms with Crippen LogP contribution in [0.15, 0.2) is 18.2 Å². The lowest BCUT2D eigenvalue weighted by Crippen LogP contribution is -2.11. The highest BCUT2D eigenvalue weighted by atomic mass is 35.5. The lowest BCUT2D eigenvalue weighted by atomic mass is 10.2. The van der Waals surface area contributed by atoms with E-state index in [1.165, 1.54) is 7.11 Å². The molecule has 1 aromatic rings. The molecular weight excluding hydrogens is 202 g/mol. The molecule has 0 amide bonds. The Hall–Kier alpha value is -1.22. The molecule has 14 heavy (non-hydrogen) atoms. The van der Waals surface area contributed by atoms with E-state index in [2.05, 4.69) is 4.74 Å². The van der Waals surface area contributed by atoms with Crippen molar-refractivity contribution >= 4 is 23.3 Å². The Balaban J connectivity index is 3.20. The first-order chi connectivity index (χ1) is 6.57. The normalized spacial score (nSPS) is 9.71. The molecule has 4 heteroatoms. The third-order valence-electron chi connectivity index (χ3n) is 1.87. The van der Waals surface area contributed by atoms with Crippen molar-refractivity contribution in [2.24, 2.45) is 0 Å². The van der Waals surface area contributed by atoms with Gasteiger partial charge in [-0.15, -0.1) is 0 Å². The minimum absolute atomic E-state index is 0.389. The molecule has 0 radical (unpaired) electrons. The summed E-state index contributed by atoms with van der Waals surface area (Å²) in [4.78, 5) is 13.1. The van der Waals surface area contributed by atoms with Crippen molar-refractivity contribution in [1.29, 1.82) is 0 Å². The van der Waals surface area contributed by atoms with Crippen LogP contribution in [0.5, 0.6) is 0 Å². The zero-order chi connectivity index (χ0) is 10.7. The Labute approximate surface area is 88.2 Å². The van der Waals surface area contributed by atoms with Crippen LogP contribution in [0.3, 0.4) is 0 Å². The summed E-state index contributed by atoms with van der Waals surface area (Å²) in [5.41, 5.74) is 1.19. The van der Waals surface area contributed by atoms with Gasteiger partial charge in [0.25, 0.3) is 0 Å². The van der Waals surface area contributed by atoms with Gasteiger partial charge in [0.15, 0.2) is 0 Å². The molecule has 76 valence electrons. The highest BCUT2D eigenvalue weighted by Crippen LogP contribution is 2.28. The van der Waals surface area contributed by atoms with Crippen molar-refractivity contribution in [3.8, 4) is 0 Å². The fraction of sp³-hybridized carbons (Fsp3) is 0.300. The van der Waals surface area contributed by atoms with Gasteiger partial charge in [0.1, 0.15) is 0 Å². The molecule has 0 bridgehead atoms. The average molecular weight is 214 g/mol. The van der Waals surface area contributed by atoms with E-state index in [4.69, 9.17) is 11.6 Å². The maximum absolute atomic E-state index is 11.3. The monoisotopic (exact) mass is 213 g/mol. The molecule has 0 aliphatic rings. The van der Waals surface area contributed by atoms with Crippen molar-refractivity contribution in [3.63, 3.8) is 0 Å². The number of ether oxygens (including phenoxy) is 1. The molecule has 0 aliphatic heterocycles. The lowest BCUT2D eigenvalue weighted by molar-refractivity contribution is 0.0601. The number of hydrogen-bond donors (Lipinski definition) is 0. The number of rotatable bonds is 2. The van der Waals surface area contributed by atoms with Gasteiger partial charge in [-0.2, -0.15) is 0 Å². The van der Waals surface area contributed by atoms with Crippen molar-refractivity contribution < 1.29 is 9.53 Å². The van der Waals surface area contributed by atoms with E-state index in [9.17, 15) is 4.79 Å². The topological polar surface area (TPSA) is 29.5 Å². The van der Waals surface area contributed by atoms with E-state index in [-0.39, 0.29) is 0 Å². The van der Waals surface area contributed by atoms with E-state index in [1.54, 1.807) is 12.1 Å². The predicted molar refractivity (Wildman–Crippen MR) is 57.1 cm³/mol. The van der Waals surface area contributed by atoms with Crippen LogP contribution in [0.25, 0.3) is 0 Å². The minimum atomic E-state index is -0.418. The van der Waals surface area contributed by atoms with E-state index in [0.29, 0.717) is 10.6 Å². The molecule has 0 saturated carbocycles. The summed E-state index contributed by atoms with van der Waals surface area (Å²) in [5.74, 6) is -0.418. The van der Waals surface area contributed by atoms with Crippen LogP contribution < -0.4 is 4.90 Å². The van der Waals surface area contributed by atoms with Crippen LogP contribution in [-0.2, 0) is 4.74 Å². The van der Waals surface area contributed by atoms with Crippen LogP contribution in [0.4, 0.5) is 5.69 Å². The number of halogens is 1. The van der Waals surface area contributed by atoms with Gasteiger partial charge < -0.3 is 9.64 Å². The van der Waals surface area contributed by atoms with Gasteiger partial charge >= 0.3 is 5.97 Å². The molecule has 0 heterocycles. The fourth-order valence-corrected chi connectivity index (χ4v) is 1.50. The minimum Gasteiger partial charge on any atom is -0.465 e. The number of benzene rings is 1. The van der Waals surface area contributed by atoms with Crippen LogP contribution >= 0.6 is 11.6 Å². The first-order valence-corrected chi connectivity index (χ1v) is 4.50. The number of carbonyl (C=O) groups excluding carboxylic acids is 1. The van der Waals surface area contributed by atoms with Crippen LogP contribution in [-0.4, -0.2) is 27.2 Å². The number of methoxy groups -OCH3 is 1. The second kappa shape index (κ2) is 4.33. The largest absolute Gasteiger partial charge is 0.465 e. The second-order valence-electron chi connectivity index (χ2n) is 3.02. The molecule has 1 rings (SSSR count). The van der Waals surface area contributed by atoms with Crippen LogP contribution in [0.2, 0.25) is 5.02 Å². The zero-order valence-corrected chi connectivity index (χ0v) is 9.13. The number of nitrogens with zero attached hydrogens (tertiary/aromatic N) is 1. The van der Waals surface area contributed by atoms with E-state index in [0.717, 1.165) is 5.69 Å². The van der Waals surface area contributed by atoms with E-state index >= 15 is 0 Å². The molecule has 0 aromatic heterocycles. The Morgan fingerprint density at radius 2 is 2.07 bits per heavy atom. The fourth-order valence-electron chi connectivity index (χ4n) is 1.13. The van der Waals surface area contributed by atoms with Gasteiger partial charge in [0, 0.05) is 14.1 Å². The summed E-state index contributed by atoms with van der Waals surface area (Å²) >= 11 is 6.03. The zero-order valence-electron chi connectivity index (χ0n) is 8.37. The Kier molecular flexibility index (Phi) is 3.36. The number of esters is 1. The summed E-state index contributed by atoms with van der Waals surface area (Å²) in [5, 5.41) is 0.421. The molecule has 0 saturated heterocycles. The maximum atomic E-state index is 11.3. The molecule has 0 atom stereocenters. The van der Waals surface area contributed by atoms with Gasteiger partial charge in [-0.05, 0) is 12.1 Å². The molecule has 0 fully saturated rings. The SMILES string of the molecule is COC(=O)c1cccc(N(C)C)c1Cl. The van der Waals surface area contributed by atoms with E-state index in [1.807, 2.05) is 25.1 Å². The van der Waals surface area contributed by atoms with Crippen molar-refractivity contribution in [3.05, 3.63) is 28.8 Å². The maximum Gasteiger partial charge on any atom is 0.339 e.